The molecule has 4 rings (SSSR count). The topological polar surface area (TPSA) is 107 Å². The van der Waals surface area contributed by atoms with Crippen molar-refractivity contribution >= 4 is 29.3 Å². The largest absolute Gasteiger partial charge is 0.340 e. The molecular weight excluding hydrogens is 346 g/mol. The number of hydrogen-bond donors (Lipinski definition) is 2. The molecule has 2 aliphatic rings. The van der Waals surface area contributed by atoms with Gasteiger partial charge in [0, 0.05) is 19.3 Å². The Morgan fingerprint density at radius 1 is 1.37 bits per heavy atom. The van der Waals surface area contributed by atoms with Gasteiger partial charge in [0.2, 0.25) is 11.9 Å². The van der Waals surface area contributed by atoms with Gasteiger partial charge in [-0.2, -0.15) is 10.1 Å². The van der Waals surface area contributed by atoms with Crippen molar-refractivity contribution in [1.82, 2.24) is 20.2 Å². The van der Waals surface area contributed by atoms with Crippen molar-refractivity contribution < 1.29 is 9.59 Å². The molecule has 3 heterocycles. The van der Waals surface area contributed by atoms with Gasteiger partial charge in [0.1, 0.15) is 17.4 Å². The van der Waals surface area contributed by atoms with Crippen molar-refractivity contribution in [3.05, 3.63) is 24.2 Å². The summed E-state index contributed by atoms with van der Waals surface area (Å²) in [4.78, 5) is 37.8. The predicted molar refractivity (Wildman–Crippen MR) is 101 cm³/mol. The summed E-state index contributed by atoms with van der Waals surface area (Å²) < 4.78 is 0. The summed E-state index contributed by atoms with van der Waals surface area (Å²) in [6.07, 6.45) is 8.24. The lowest BCUT2D eigenvalue weighted by atomic mass is 10.0. The Balaban J connectivity index is 1.71. The molecule has 9 nitrogen and oxygen atoms in total. The fourth-order valence-corrected chi connectivity index (χ4v) is 3.99. The molecule has 1 atom stereocenters. The van der Waals surface area contributed by atoms with Crippen molar-refractivity contribution in [2.45, 2.75) is 51.1 Å². The average molecular weight is 369 g/mol. The van der Waals surface area contributed by atoms with E-state index in [0.717, 1.165) is 25.7 Å². The Bertz CT molecular complexity index is 845. The first kappa shape index (κ1) is 17.4. The van der Waals surface area contributed by atoms with Crippen LogP contribution in [0.2, 0.25) is 0 Å². The average Bonchev–Trinajstić information content (AvgIpc) is 3.38. The van der Waals surface area contributed by atoms with Crippen LogP contribution < -0.4 is 15.1 Å². The second-order valence-corrected chi connectivity index (χ2v) is 6.99. The minimum Gasteiger partial charge on any atom is -0.340 e. The number of carbonyl (C=O) groups excluding carboxylic acids is 2. The zero-order valence-corrected chi connectivity index (χ0v) is 15.5. The zero-order chi connectivity index (χ0) is 19.0. The van der Waals surface area contributed by atoms with Crippen LogP contribution in [0.4, 0.5) is 17.5 Å². The van der Waals surface area contributed by atoms with Crippen molar-refractivity contribution in [3.63, 3.8) is 0 Å². The number of hydrogen-bond acceptors (Lipinski definition) is 6. The molecule has 0 aromatic carbocycles. The lowest BCUT2D eigenvalue weighted by molar-refractivity contribution is -0.120. The number of nitrogens with zero attached hydrogens (tertiary/aromatic N) is 5. The van der Waals surface area contributed by atoms with Crippen LogP contribution in [-0.4, -0.2) is 51.1 Å². The highest BCUT2D eigenvalue weighted by atomic mass is 16.2. The third-order valence-corrected chi connectivity index (χ3v) is 5.38. The second kappa shape index (κ2) is 6.98. The SMILES string of the molecule is CC[C@@H]1C(=O)N(C)c2cnc(NC(=O)c3ccn[nH]3)nc2N1C1CCCC1. The van der Waals surface area contributed by atoms with Crippen LogP contribution in [0.3, 0.4) is 0 Å². The van der Waals surface area contributed by atoms with Gasteiger partial charge < -0.3 is 9.80 Å². The molecule has 142 valence electrons. The molecule has 27 heavy (non-hydrogen) atoms. The minimum atomic E-state index is -0.354. The fraction of sp³-hybridized carbons (Fsp3) is 0.500. The Morgan fingerprint density at radius 3 is 2.81 bits per heavy atom. The molecule has 0 bridgehead atoms. The van der Waals surface area contributed by atoms with Crippen molar-refractivity contribution in [2.24, 2.45) is 0 Å². The molecule has 0 spiro atoms. The Labute approximate surface area is 157 Å². The number of nitrogens with one attached hydrogen (secondary N) is 2. The summed E-state index contributed by atoms with van der Waals surface area (Å²) in [5, 5.41) is 9.10. The molecule has 2 amide bonds. The molecule has 1 aliphatic carbocycles. The third-order valence-electron chi connectivity index (χ3n) is 5.38. The first-order valence-corrected chi connectivity index (χ1v) is 9.33. The Kier molecular flexibility index (Phi) is 4.51. The summed E-state index contributed by atoms with van der Waals surface area (Å²) in [6, 6.07) is 1.63. The number of carbonyl (C=O) groups is 2. The molecule has 1 saturated carbocycles. The van der Waals surface area contributed by atoms with Crippen LogP contribution >= 0.6 is 0 Å². The molecule has 1 aliphatic heterocycles. The van der Waals surface area contributed by atoms with Crippen molar-refractivity contribution in [1.29, 1.82) is 0 Å². The molecule has 2 N–H and O–H groups in total. The van der Waals surface area contributed by atoms with E-state index >= 15 is 0 Å². The molecular formula is C18H23N7O2. The third kappa shape index (κ3) is 3.02. The van der Waals surface area contributed by atoms with Crippen LogP contribution in [-0.2, 0) is 4.79 Å². The highest BCUT2D eigenvalue weighted by molar-refractivity contribution is 6.05. The van der Waals surface area contributed by atoms with Crippen LogP contribution in [0.5, 0.6) is 0 Å². The quantitative estimate of drug-likeness (QED) is 0.853. The van der Waals surface area contributed by atoms with E-state index in [1.807, 2.05) is 6.92 Å². The molecule has 2 aromatic heterocycles. The van der Waals surface area contributed by atoms with E-state index in [1.165, 1.54) is 6.20 Å². The van der Waals surface area contributed by atoms with Gasteiger partial charge in [-0.15, -0.1) is 0 Å². The first-order chi connectivity index (χ1) is 13.1. The summed E-state index contributed by atoms with van der Waals surface area (Å²) in [7, 11) is 1.75. The van der Waals surface area contributed by atoms with Gasteiger partial charge in [-0.25, -0.2) is 4.98 Å². The van der Waals surface area contributed by atoms with Gasteiger partial charge in [0.15, 0.2) is 5.82 Å². The van der Waals surface area contributed by atoms with Gasteiger partial charge in [-0.1, -0.05) is 19.8 Å². The van der Waals surface area contributed by atoms with E-state index < -0.39 is 0 Å². The summed E-state index contributed by atoms with van der Waals surface area (Å²) >= 11 is 0. The number of aromatic amines is 1. The van der Waals surface area contributed by atoms with Gasteiger partial charge in [0.05, 0.1) is 6.20 Å². The number of likely N-dealkylation sites (N-methyl/N-ethyl adjacent to an activating group) is 1. The molecule has 0 radical (unpaired) electrons. The Morgan fingerprint density at radius 2 is 2.15 bits per heavy atom. The number of rotatable bonds is 4. The smallest absolute Gasteiger partial charge is 0.276 e. The number of H-pyrrole nitrogens is 1. The minimum absolute atomic E-state index is 0.0646. The van der Waals surface area contributed by atoms with Crippen molar-refractivity contribution in [3.8, 4) is 0 Å². The molecule has 2 aromatic rings. The summed E-state index contributed by atoms with van der Waals surface area (Å²) in [5.41, 5.74) is 1.01. The fourth-order valence-electron chi connectivity index (χ4n) is 3.99. The normalized spacial score (nSPS) is 20.1. The molecule has 1 fully saturated rings. The summed E-state index contributed by atoms with van der Waals surface area (Å²) in [6.45, 7) is 2.02. The monoisotopic (exact) mass is 369 g/mol. The molecule has 9 heteroatoms. The number of aromatic nitrogens is 4. The standard InChI is InChI=1S/C18H23N7O2/c1-3-13-17(27)24(2)14-10-19-18(22-16(26)12-8-9-20-23-12)21-15(14)25(13)11-6-4-5-7-11/h8-11,13H,3-7H2,1-2H3,(H,20,23)(H,19,21,22,26)/t13-/m1/s1. The van der Waals surface area contributed by atoms with E-state index in [9.17, 15) is 9.59 Å². The van der Waals surface area contributed by atoms with Crippen molar-refractivity contribution in [2.75, 3.05) is 22.2 Å². The molecule has 0 saturated heterocycles. The van der Waals surface area contributed by atoms with E-state index in [0.29, 0.717) is 23.6 Å². The van der Waals surface area contributed by atoms with Gasteiger partial charge in [-0.05, 0) is 25.3 Å². The van der Waals surface area contributed by atoms with E-state index in [2.05, 4.69) is 30.4 Å². The van der Waals surface area contributed by atoms with E-state index in [1.54, 1.807) is 24.2 Å². The van der Waals surface area contributed by atoms with Crippen LogP contribution in [0.1, 0.15) is 49.5 Å². The maximum Gasteiger partial charge on any atom is 0.276 e. The van der Waals surface area contributed by atoms with Crippen LogP contribution in [0.15, 0.2) is 18.5 Å². The highest BCUT2D eigenvalue weighted by Crippen LogP contribution is 2.39. The lowest BCUT2D eigenvalue weighted by Crippen LogP contribution is -2.55. The van der Waals surface area contributed by atoms with Gasteiger partial charge in [0.25, 0.3) is 5.91 Å². The predicted octanol–water partition coefficient (Wildman–Crippen LogP) is 1.96. The maximum absolute atomic E-state index is 12.9. The van der Waals surface area contributed by atoms with Gasteiger partial charge >= 0.3 is 0 Å². The number of anilines is 3. The lowest BCUT2D eigenvalue weighted by Gasteiger charge is -2.43. The summed E-state index contributed by atoms with van der Waals surface area (Å²) in [5.74, 6) is 0.640. The van der Waals surface area contributed by atoms with E-state index in [-0.39, 0.29) is 29.8 Å². The highest BCUT2D eigenvalue weighted by Gasteiger charge is 2.41. The van der Waals surface area contributed by atoms with E-state index in [4.69, 9.17) is 0 Å². The first-order valence-electron chi connectivity index (χ1n) is 9.33. The Hall–Kier alpha value is -2.97. The van der Waals surface area contributed by atoms with Crippen LogP contribution in [0, 0.1) is 0 Å². The van der Waals surface area contributed by atoms with Crippen LogP contribution in [0.25, 0.3) is 0 Å². The number of fused-ring (bicyclic) bond motifs is 1. The molecule has 0 unspecified atom stereocenters. The number of amides is 2. The maximum atomic E-state index is 12.9. The van der Waals surface area contributed by atoms with Gasteiger partial charge in [-0.3, -0.25) is 20.0 Å². The zero-order valence-electron chi connectivity index (χ0n) is 15.5. The second-order valence-electron chi connectivity index (χ2n) is 6.99.